The summed E-state index contributed by atoms with van der Waals surface area (Å²) in [5, 5.41) is 22.5. The van der Waals surface area contributed by atoms with Gasteiger partial charge in [0.1, 0.15) is 5.60 Å². The minimum Gasteiger partial charge on any atom is -0.481 e. The average Bonchev–Trinajstić information content (AvgIpc) is 3.97. The number of carbonyl (C=O) groups is 4. The summed E-state index contributed by atoms with van der Waals surface area (Å²) in [6.45, 7) is 6.30. The normalized spacial score (nSPS) is 15.7. The van der Waals surface area contributed by atoms with E-state index in [-0.39, 0.29) is 48.2 Å². The van der Waals surface area contributed by atoms with Crippen LogP contribution in [0.25, 0.3) is 0 Å². The number of carboxylic acid groups (broad SMARTS) is 1. The number of carboxylic acids is 1. The molecular weight excluding hydrogens is 789 g/mol. The molecule has 2 atom stereocenters. The Morgan fingerprint density at radius 1 is 0.661 bits per heavy atom. The van der Waals surface area contributed by atoms with Gasteiger partial charge in [-0.1, -0.05) is 161 Å². The molecule has 62 heavy (non-hydrogen) atoms. The lowest BCUT2D eigenvalue weighted by Crippen LogP contribution is -2.25. The predicted octanol–water partition coefficient (Wildman–Crippen LogP) is 9.87. The summed E-state index contributed by atoms with van der Waals surface area (Å²) in [7, 11) is 0. The van der Waals surface area contributed by atoms with Gasteiger partial charge in [-0.05, 0) is 56.6 Å². The predicted molar refractivity (Wildman–Crippen MR) is 233 cm³/mol. The fourth-order valence-corrected chi connectivity index (χ4v) is 8.38. The number of hydrogen-bond donors (Lipinski definition) is 3. The quantitative estimate of drug-likeness (QED) is 0.0712. The molecule has 0 spiro atoms. The summed E-state index contributed by atoms with van der Waals surface area (Å²) in [6.07, 6.45) is 18.7. The van der Waals surface area contributed by atoms with Crippen molar-refractivity contribution in [2.75, 3.05) is 0 Å². The maximum absolute atomic E-state index is 12.5. The maximum Gasteiger partial charge on any atom is 0.307 e. The average molecular weight is 855 g/mol. The molecule has 2 saturated carbocycles. The van der Waals surface area contributed by atoms with Crippen molar-refractivity contribution in [3.05, 3.63) is 95.2 Å². The summed E-state index contributed by atoms with van der Waals surface area (Å²) in [5.41, 5.74) is 1.40. The largest absolute Gasteiger partial charge is 0.481 e. The summed E-state index contributed by atoms with van der Waals surface area (Å²) in [4.78, 5) is 57.1. The number of esters is 1. The molecule has 0 aliphatic heterocycles. The molecule has 14 nitrogen and oxygen atoms in total. The van der Waals surface area contributed by atoms with Crippen LogP contribution in [0, 0.1) is 11.8 Å². The van der Waals surface area contributed by atoms with Gasteiger partial charge in [0.15, 0.2) is 0 Å². The van der Waals surface area contributed by atoms with E-state index in [9.17, 15) is 24.3 Å². The van der Waals surface area contributed by atoms with E-state index >= 15 is 0 Å². The molecule has 0 bridgehead atoms. The third-order valence-corrected chi connectivity index (χ3v) is 11.6. The minimum absolute atomic E-state index is 0.0117. The summed E-state index contributed by atoms with van der Waals surface area (Å²) in [6, 6.07) is 19.2. The topological polar surface area (TPSA) is 200 Å². The van der Waals surface area contributed by atoms with Crippen LogP contribution >= 0.6 is 0 Å². The Balaban J connectivity index is 0.000000236. The van der Waals surface area contributed by atoms with Gasteiger partial charge in [-0.3, -0.25) is 19.2 Å². The van der Waals surface area contributed by atoms with Gasteiger partial charge in [-0.2, -0.15) is 9.97 Å². The first kappa shape index (κ1) is 47.6. The SMILES string of the molecule is CC(C)(C)OC(=O)C[C@@H](CCCC1CCCCC1)c1nc(C(=O)NCc2ccccc2)no1.O=C(O)C[C@@H](CCCC1CCCCC1)c1nc(C(=O)NCc2ccccc2)no1. The second-order valence-electron chi connectivity index (χ2n) is 17.9. The van der Waals surface area contributed by atoms with Gasteiger partial charge < -0.3 is 29.5 Å². The fourth-order valence-electron chi connectivity index (χ4n) is 8.38. The lowest BCUT2D eigenvalue weighted by atomic mass is 9.84. The van der Waals surface area contributed by atoms with Crippen LogP contribution in [0.4, 0.5) is 0 Å². The monoisotopic (exact) mass is 854 g/mol. The molecular formula is C48H66N6O8. The van der Waals surface area contributed by atoms with Crippen LogP contribution in [0.5, 0.6) is 0 Å². The van der Waals surface area contributed by atoms with E-state index < -0.39 is 23.4 Å². The molecule has 2 fully saturated rings. The lowest BCUT2D eigenvalue weighted by Gasteiger charge is -2.23. The van der Waals surface area contributed by atoms with Crippen molar-refractivity contribution >= 4 is 23.8 Å². The number of ether oxygens (including phenoxy) is 1. The number of amides is 2. The van der Waals surface area contributed by atoms with Gasteiger partial charge in [0.25, 0.3) is 23.5 Å². The lowest BCUT2D eigenvalue weighted by molar-refractivity contribution is -0.155. The summed E-state index contributed by atoms with van der Waals surface area (Å²) in [5.74, 6) is -0.632. The molecule has 2 aliphatic rings. The third-order valence-electron chi connectivity index (χ3n) is 11.6. The van der Waals surface area contributed by atoms with E-state index in [1.807, 2.05) is 81.4 Å². The maximum atomic E-state index is 12.5. The highest BCUT2D eigenvalue weighted by Crippen LogP contribution is 2.33. The number of nitrogens with one attached hydrogen (secondary N) is 2. The molecule has 0 unspecified atom stereocenters. The van der Waals surface area contributed by atoms with Gasteiger partial charge in [-0.25, -0.2) is 0 Å². The highest BCUT2D eigenvalue weighted by atomic mass is 16.6. The minimum atomic E-state index is -0.902. The van der Waals surface area contributed by atoms with Crippen LogP contribution in [0.3, 0.4) is 0 Å². The molecule has 0 saturated heterocycles. The zero-order chi connectivity index (χ0) is 44.2. The van der Waals surface area contributed by atoms with Gasteiger partial charge >= 0.3 is 11.9 Å². The molecule has 0 radical (unpaired) electrons. The Morgan fingerprint density at radius 3 is 1.48 bits per heavy atom. The van der Waals surface area contributed by atoms with Crippen molar-refractivity contribution in [1.29, 1.82) is 0 Å². The molecule has 6 rings (SSSR count). The molecule has 4 aromatic rings. The van der Waals surface area contributed by atoms with Crippen LogP contribution < -0.4 is 10.6 Å². The Labute approximate surface area is 365 Å². The number of nitrogens with zero attached hydrogens (tertiary/aromatic N) is 4. The van der Waals surface area contributed by atoms with Crippen LogP contribution in [0.1, 0.15) is 192 Å². The molecule has 2 amide bonds. The number of hydrogen-bond acceptors (Lipinski definition) is 11. The smallest absolute Gasteiger partial charge is 0.307 e. The van der Waals surface area contributed by atoms with Crippen molar-refractivity contribution < 1.29 is 38.1 Å². The van der Waals surface area contributed by atoms with E-state index in [4.69, 9.17) is 13.8 Å². The molecule has 2 heterocycles. The van der Waals surface area contributed by atoms with Crippen LogP contribution in [-0.4, -0.2) is 54.7 Å². The standard InChI is InChI=1S/C26H37N3O4.C22H29N3O4/c1-26(2,3)32-22(30)17-21(16-10-15-19-11-6-4-7-12-19)25-28-23(29-33-25)24(31)27-18-20-13-8-5-9-14-20;26-19(27)14-18(13-7-12-16-8-3-1-4-9-16)22-24-20(25-29-22)21(28)23-15-17-10-5-2-6-11-17/h5,8-9,13-14,19,21H,4,6-7,10-12,15-18H2,1-3H3,(H,27,31);2,5-6,10-11,16,18H,1,3-4,7-9,12-15H2,(H,23,28)(H,26,27)/t21-;18-/m11/s1. The Morgan fingerprint density at radius 2 is 1.08 bits per heavy atom. The number of aromatic nitrogens is 4. The Hall–Kier alpha value is -5.40. The Kier molecular flexibility index (Phi) is 19.1. The molecule has 2 aromatic heterocycles. The fraction of sp³-hybridized carbons (Fsp3) is 0.583. The van der Waals surface area contributed by atoms with E-state index in [0.29, 0.717) is 25.4 Å². The number of carbonyl (C=O) groups excluding carboxylic acids is 3. The zero-order valence-electron chi connectivity index (χ0n) is 36.8. The van der Waals surface area contributed by atoms with Crippen molar-refractivity contribution in [3.8, 4) is 0 Å². The van der Waals surface area contributed by atoms with E-state index in [1.54, 1.807) is 0 Å². The van der Waals surface area contributed by atoms with Crippen LogP contribution in [-0.2, 0) is 27.4 Å². The highest BCUT2D eigenvalue weighted by Gasteiger charge is 2.28. The highest BCUT2D eigenvalue weighted by molar-refractivity contribution is 5.90. The second-order valence-corrected chi connectivity index (χ2v) is 17.9. The summed E-state index contributed by atoms with van der Waals surface area (Å²) >= 11 is 0. The van der Waals surface area contributed by atoms with Crippen LogP contribution in [0.15, 0.2) is 69.7 Å². The van der Waals surface area contributed by atoms with Crippen molar-refractivity contribution in [1.82, 2.24) is 30.9 Å². The van der Waals surface area contributed by atoms with Crippen LogP contribution in [0.2, 0.25) is 0 Å². The van der Waals surface area contributed by atoms with E-state index in [1.165, 1.54) is 64.2 Å². The molecule has 2 aliphatic carbocycles. The number of rotatable bonds is 20. The molecule has 3 N–H and O–H groups in total. The van der Waals surface area contributed by atoms with Gasteiger partial charge in [0.05, 0.1) is 12.8 Å². The van der Waals surface area contributed by atoms with Gasteiger partial charge in [0.2, 0.25) is 11.8 Å². The van der Waals surface area contributed by atoms with Crippen molar-refractivity contribution in [2.24, 2.45) is 11.8 Å². The molecule has 336 valence electrons. The van der Waals surface area contributed by atoms with Gasteiger partial charge in [-0.15, -0.1) is 0 Å². The first-order valence-electron chi connectivity index (χ1n) is 22.7. The summed E-state index contributed by atoms with van der Waals surface area (Å²) < 4.78 is 16.2. The zero-order valence-corrected chi connectivity index (χ0v) is 36.8. The third kappa shape index (κ3) is 17.2. The second kappa shape index (κ2) is 24.9. The first-order chi connectivity index (χ1) is 29.9. The van der Waals surface area contributed by atoms with Gasteiger partial charge in [0, 0.05) is 24.9 Å². The molecule has 14 heteroatoms. The molecule has 2 aromatic carbocycles. The number of benzene rings is 2. The first-order valence-corrected chi connectivity index (χ1v) is 22.7. The van der Waals surface area contributed by atoms with Crippen molar-refractivity contribution in [2.45, 2.75) is 167 Å². The number of aliphatic carboxylic acids is 1. The van der Waals surface area contributed by atoms with E-state index in [2.05, 4.69) is 30.9 Å². The Bertz CT molecular complexity index is 1950. The van der Waals surface area contributed by atoms with E-state index in [0.717, 1.165) is 55.1 Å². The van der Waals surface area contributed by atoms with Crippen molar-refractivity contribution in [3.63, 3.8) is 0 Å².